The van der Waals surface area contributed by atoms with Crippen molar-refractivity contribution in [3.8, 4) is 0 Å². The van der Waals surface area contributed by atoms with Gasteiger partial charge in [0.05, 0.1) is 6.54 Å². The maximum Gasteiger partial charge on any atom is 0.241 e. The van der Waals surface area contributed by atoms with E-state index in [1.165, 1.54) is 0 Å². The van der Waals surface area contributed by atoms with E-state index in [4.69, 9.17) is 0 Å². The number of anilines is 1. The van der Waals surface area contributed by atoms with Crippen LogP contribution in [-0.2, 0) is 9.59 Å². The number of carbonyl (C=O) groups excluding carboxylic acids is 2. The summed E-state index contributed by atoms with van der Waals surface area (Å²) in [7, 11) is 0. The molecule has 0 spiro atoms. The van der Waals surface area contributed by atoms with E-state index in [0.29, 0.717) is 18.9 Å². The van der Waals surface area contributed by atoms with Gasteiger partial charge in [-0.1, -0.05) is 18.2 Å². The van der Waals surface area contributed by atoms with Gasteiger partial charge >= 0.3 is 0 Å². The predicted octanol–water partition coefficient (Wildman–Crippen LogP) is 1.98. The number of amides is 2. The van der Waals surface area contributed by atoms with Crippen LogP contribution < -0.4 is 4.90 Å². The maximum absolute atomic E-state index is 12.5. The van der Waals surface area contributed by atoms with E-state index in [1.807, 2.05) is 40.1 Å². The van der Waals surface area contributed by atoms with Gasteiger partial charge < -0.3 is 9.80 Å². The Bertz CT molecular complexity index is 588. The average Bonchev–Trinajstić information content (AvgIpc) is 2.57. The smallest absolute Gasteiger partial charge is 0.241 e. The number of piperidine rings is 1. The molecule has 130 valence electrons. The number of rotatable bonds is 4. The van der Waals surface area contributed by atoms with Crippen molar-refractivity contribution in [3.63, 3.8) is 0 Å². The van der Waals surface area contributed by atoms with E-state index in [9.17, 15) is 9.59 Å². The Morgan fingerprint density at radius 3 is 2.50 bits per heavy atom. The highest BCUT2D eigenvalue weighted by atomic mass is 16.2. The second kappa shape index (κ2) is 7.34. The number of piperazine rings is 1. The van der Waals surface area contributed by atoms with E-state index in [-0.39, 0.29) is 17.9 Å². The molecule has 24 heavy (non-hydrogen) atoms. The fourth-order valence-corrected chi connectivity index (χ4v) is 3.71. The van der Waals surface area contributed by atoms with Gasteiger partial charge in [0.2, 0.25) is 11.8 Å². The SMILES string of the molecule is CC(C)N1CC(CN2CCN(c3ccccc3)C(=O)C2)CCC1=O. The minimum Gasteiger partial charge on any atom is -0.340 e. The molecule has 5 heteroatoms. The molecule has 2 aliphatic rings. The number of para-hydroxylation sites is 1. The minimum atomic E-state index is 0.167. The molecule has 2 saturated heterocycles. The van der Waals surface area contributed by atoms with Gasteiger partial charge in [-0.05, 0) is 38.3 Å². The second-order valence-corrected chi connectivity index (χ2v) is 7.16. The summed E-state index contributed by atoms with van der Waals surface area (Å²) in [6.07, 6.45) is 1.58. The van der Waals surface area contributed by atoms with Crippen LogP contribution in [-0.4, -0.2) is 60.4 Å². The first-order chi connectivity index (χ1) is 11.5. The quantitative estimate of drug-likeness (QED) is 0.848. The Morgan fingerprint density at radius 2 is 1.83 bits per heavy atom. The number of hydrogen-bond acceptors (Lipinski definition) is 3. The number of carbonyl (C=O) groups is 2. The zero-order chi connectivity index (χ0) is 17.1. The van der Waals surface area contributed by atoms with Crippen LogP contribution >= 0.6 is 0 Å². The highest BCUT2D eigenvalue weighted by Crippen LogP contribution is 2.22. The summed E-state index contributed by atoms with van der Waals surface area (Å²) in [5.74, 6) is 0.910. The molecule has 1 atom stereocenters. The third-order valence-electron chi connectivity index (χ3n) is 5.05. The Hall–Kier alpha value is -1.88. The van der Waals surface area contributed by atoms with Crippen LogP contribution in [0.15, 0.2) is 30.3 Å². The fourth-order valence-electron chi connectivity index (χ4n) is 3.71. The summed E-state index contributed by atoms with van der Waals surface area (Å²) in [6.45, 7) is 7.98. The summed E-state index contributed by atoms with van der Waals surface area (Å²) in [5.41, 5.74) is 0.983. The standard InChI is InChI=1S/C19H27N3O2/c1-15(2)22-13-16(8-9-18(22)23)12-20-10-11-21(19(24)14-20)17-6-4-3-5-7-17/h3-7,15-16H,8-14H2,1-2H3. The molecular formula is C19H27N3O2. The highest BCUT2D eigenvalue weighted by Gasteiger charge is 2.31. The Kier molecular flexibility index (Phi) is 5.19. The van der Waals surface area contributed by atoms with E-state index >= 15 is 0 Å². The highest BCUT2D eigenvalue weighted by molar-refractivity contribution is 5.95. The molecule has 0 aromatic heterocycles. The monoisotopic (exact) mass is 329 g/mol. The van der Waals surface area contributed by atoms with Crippen molar-refractivity contribution in [1.29, 1.82) is 0 Å². The van der Waals surface area contributed by atoms with E-state index < -0.39 is 0 Å². The molecule has 2 heterocycles. The normalized spacial score (nSPS) is 23.2. The van der Waals surface area contributed by atoms with Gasteiger partial charge in [-0.25, -0.2) is 0 Å². The summed E-state index contributed by atoms with van der Waals surface area (Å²) < 4.78 is 0. The molecule has 0 aliphatic carbocycles. The molecule has 2 aliphatic heterocycles. The van der Waals surface area contributed by atoms with Crippen molar-refractivity contribution in [2.24, 2.45) is 5.92 Å². The van der Waals surface area contributed by atoms with E-state index in [0.717, 1.165) is 38.3 Å². The van der Waals surface area contributed by atoms with Crippen molar-refractivity contribution < 1.29 is 9.59 Å². The van der Waals surface area contributed by atoms with Crippen LogP contribution in [0.4, 0.5) is 5.69 Å². The van der Waals surface area contributed by atoms with Crippen LogP contribution in [0.1, 0.15) is 26.7 Å². The van der Waals surface area contributed by atoms with Crippen molar-refractivity contribution >= 4 is 17.5 Å². The molecule has 1 aromatic carbocycles. The maximum atomic E-state index is 12.5. The molecule has 0 bridgehead atoms. The Labute approximate surface area is 144 Å². The lowest BCUT2D eigenvalue weighted by Crippen LogP contribution is -2.53. The Morgan fingerprint density at radius 1 is 1.08 bits per heavy atom. The summed E-state index contributed by atoms with van der Waals surface area (Å²) in [5, 5.41) is 0. The fraction of sp³-hybridized carbons (Fsp3) is 0.579. The third kappa shape index (κ3) is 3.78. The average molecular weight is 329 g/mol. The van der Waals surface area contributed by atoms with Gasteiger partial charge in [-0.3, -0.25) is 14.5 Å². The van der Waals surface area contributed by atoms with Gasteiger partial charge in [0.15, 0.2) is 0 Å². The van der Waals surface area contributed by atoms with Gasteiger partial charge in [0.25, 0.3) is 0 Å². The summed E-state index contributed by atoms with van der Waals surface area (Å²) in [4.78, 5) is 30.6. The van der Waals surface area contributed by atoms with Gasteiger partial charge in [0.1, 0.15) is 0 Å². The largest absolute Gasteiger partial charge is 0.340 e. The lowest BCUT2D eigenvalue weighted by atomic mass is 9.95. The topological polar surface area (TPSA) is 43.9 Å². The summed E-state index contributed by atoms with van der Waals surface area (Å²) >= 11 is 0. The molecule has 0 N–H and O–H groups in total. The molecule has 0 radical (unpaired) electrons. The van der Waals surface area contributed by atoms with Crippen molar-refractivity contribution in [2.75, 3.05) is 37.6 Å². The molecular weight excluding hydrogens is 302 g/mol. The zero-order valence-electron chi connectivity index (χ0n) is 14.6. The molecule has 1 unspecified atom stereocenters. The van der Waals surface area contributed by atoms with Crippen molar-refractivity contribution in [3.05, 3.63) is 30.3 Å². The predicted molar refractivity (Wildman–Crippen MR) is 94.8 cm³/mol. The van der Waals surface area contributed by atoms with Crippen LogP contribution in [0.5, 0.6) is 0 Å². The molecule has 2 fully saturated rings. The molecule has 1 aromatic rings. The molecule has 3 rings (SSSR count). The van der Waals surface area contributed by atoms with Crippen LogP contribution in [0.3, 0.4) is 0 Å². The zero-order valence-corrected chi connectivity index (χ0v) is 14.6. The first-order valence-electron chi connectivity index (χ1n) is 8.92. The van der Waals surface area contributed by atoms with Crippen LogP contribution in [0, 0.1) is 5.92 Å². The van der Waals surface area contributed by atoms with Gasteiger partial charge in [0, 0.05) is 44.3 Å². The van der Waals surface area contributed by atoms with Gasteiger partial charge in [-0.2, -0.15) is 0 Å². The number of likely N-dealkylation sites (tertiary alicyclic amines) is 1. The second-order valence-electron chi connectivity index (χ2n) is 7.16. The first-order valence-corrected chi connectivity index (χ1v) is 8.92. The van der Waals surface area contributed by atoms with E-state index in [2.05, 4.69) is 18.7 Å². The van der Waals surface area contributed by atoms with Crippen molar-refractivity contribution in [1.82, 2.24) is 9.80 Å². The first kappa shape index (κ1) is 17.0. The van der Waals surface area contributed by atoms with Crippen molar-refractivity contribution in [2.45, 2.75) is 32.7 Å². The molecule has 0 saturated carbocycles. The summed E-state index contributed by atoms with van der Waals surface area (Å²) in [6, 6.07) is 10.1. The lowest BCUT2D eigenvalue weighted by Gasteiger charge is -2.40. The van der Waals surface area contributed by atoms with E-state index in [1.54, 1.807) is 0 Å². The minimum absolute atomic E-state index is 0.167. The lowest BCUT2D eigenvalue weighted by molar-refractivity contribution is -0.137. The number of hydrogen-bond donors (Lipinski definition) is 0. The van der Waals surface area contributed by atoms with Crippen LogP contribution in [0.25, 0.3) is 0 Å². The number of benzene rings is 1. The van der Waals surface area contributed by atoms with Crippen LogP contribution in [0.2, 0.25) is 0 Å². The molecule has 2 amide bonds. The number of nitrogens with zero attached hydrogens (tertiary/aromatic N) is 3. The Balaban J connectivity index is 1.55. The molecule has 5 nitrogen and oxygen atoms in total. The third-order valence-corrected chi connectivity index (χ3v) is 5.05. The van der Waals surface area contributed by atoms with Gasteiger partial charge in [-0.15, -0.1) is 0 Å².